The van der Waals surface area contributed by atoms with Gasteiger partial charge in [0.1, 0.15) is 0 Å². The zero-order valence-corrected chi connectivity index (χ0v) is 15.6. The molecule has 6 heteroatoms. The fourth-order valence-corrected chi connectivity index (χ4v) is 5.00. The molecular weight excluding hydrogens is 352 g/mol. The van der Waals surface area contributed by atoms with Gasteiger partial charge in [-0.2, -0.15) is 0 Å². The summed E-state index contributed by atoms with van der Waals surface area (Å²) in [6, 6.07) is 5.41. The second kappa shape index (κ2) is 7.72. The average Bonchev–Trinajstić information content (AvgIpc) is 2.47. The van der Waals surface area contributed by atoms with Crippen molar-refractivity contribution in [3.8, 4) is 0 Å². The molecular formula is C15H25BrN2O2S. The first-order chi connectivity index (χ1) is 9.84. The van der Waals surface area contributed by atoms with E-state index in [0.29, 0.717) is 15.9 Å². The largest absolute Gasteiger partial charge is 0.316 e. The molecule has 1 aromatic carbocycles. The van der Waals surface area contributed by atoms with Gasteiger partial charge >= 0.3 is 0 Å². The third kappa shape index (κ3) is 4.52. The smallest absolute Gasteiger partial charge is 0.242 e. The molecule has 0 bridgehead atoms. The Bertz CT molecular complexity index is 561. The maximum Gasteiger partial charge on any atom is 0.242 e. The van der Waals surface area contributed by atoms with Gasteiger partial charge in [-0.05, 0) is 59.9 Å². The van der Waals surface area contributed by atoms with Crippen molar-refractivity contribution in [1.82, 2.24) is 10.0 Å². The van der Waals surface area contributed by atoms with Gasteiger partial charge in [-0.3, -0.25) is 0 Å². The third-order valence-corrected chi connectivity index (χ3v) is 6.62. The fraction of sp³-hybridized carbons (Fsp3) is 0.600. The molecule has 1 rings (SSSR count). The highest BCUT2D eigenvalue weighted by Gasteiger charge is 2.31. The second-order valence-electron chi connectivity index (χ2n) is 5.24. The first-order valence-corrected chi connectivity index (χ1v) is 9.58. The van der Waals surface area contributed by atoms with Crippen molar-refractivity contribution in [1.29, 1.82) is 0 Å². The van der Waals surface area contributed by atoms with Crippen LogP contribution in [-0.2, 0) is 16.6 Å². The molecule has 0 heterocycles. The van der Waals surface area contributed by atoms with Gasteiger partial charge in [-0.15, -0.1) is 0 Å². The molecule has 0 atom stereocenters. The Morgan fingerprint density at radius 2 is 1.71 bits per heavy atom. The molecule has 0 amide bonds. The Labute approximate surface area is 136 Å². The maximum atomic E-state index is 12.7. The van der Waals surface area contributed by atoms with Gasteiger partial charge in [0, 0.05) is 16.6 Å². The summed E-state index contributed by atoms with van der Waals surface area (Å²) in [4.78, 5) is 0.301. The lowest BCUT2D eigenvalue weighted by atomic mass is 9.91. The monoisotopic (exact) mass is 376 g/mol. The molecule has 0 aliphatic carbocycles. The minimum absolute atomic E-state index is 0.301. The van der Waals surface area contributed by atoms with Crippen LogP contribution in [0.15, 0.2) is 27.6 Å². The highest BCUT2D eigenvalue weighted by Crippen LogP contribution is 2.27. The van der Waals surface area contributed by atoms with E-state index in [0.717, 1.165) is 24.8 Å². The number of nitrogens with one attached hydrogen (secondary N) is 2. The summed E-state index contributed by atoms with van der Waals surface area (Å²) < 4.78 is 29.0. The van der Waals surface area contributed by atoms with Gasteiger partial charge in [0.15, 0.2) is 0 Å². The van der Waals surface area contributed by atoms with Gasteiger partial charge in [0.05, 0.1) is 4.90 Å². The van der Waals surface area contributed by atoms with Crippen LogP contribution < -0.4 is 10.0 Å². The summed E-state index contributed by atoms with van der Waals surface area (Å²) >= 11 is 3.35. The van der Waals surface area contributed by atoms with E-state index in [1.165, 1.54) is 0 Å². The highest BCUT2D eigenvalue weighted by atomic mass is 79.9. The zero-order valence-electron chi connectivity index (χ0n) is 13.2. The minimum atomic E-state index is -3.55. The van der Waals surface area contributed by atoms with E-state index in [4.69, 9.17) is 0 Å². The summed E-state index contributed by atoms with van der Waals surface area (Å²) in [5, 5.41) is 3.03. The first-order valence-electron chi connectivity index (χ1n) is 7.31. The number of hydrogen-bond acceptors (Lipinski definition) is 3. The van der Waals surface area contributed by atoms with Crippen LogP contribution in [0, 0.1) is 0 Å². The summed E-state index contributed by atoms with van der Waals surface area (Å²) in [5.41, 5.74) is 0.563. The van der Waals surface area contributed by atoms with Gasteiger partial charge in [0.25, 0.3) is 0 Å². The molecule has 0 aliphatic heterocycles. The Morgan fingerprint density at radius 1 is 1.14 bits per heavy atom. The Hall–Kier alpha value is -0.430. The van der Waals surface area contributed by atoms with Crippen LogP contribution in [-0.4, -0.2) is 21.0 Å². The van der Waals surface area contributed by atoms with Gasteiger partial charge in [-0.25, -0.2) is 13.1 Å². The van der Waals surface area contributed by atoms with Gasteiger partial charge in [-0.1, -0.05) is 26.8 Å². The topological polar surface area (TPSA) is 58.2 Å². The summed E-state index contributed by atoms with van der Waals surface area (Å²) in [5.74, 6) is 0. The number of hydrogen-bond donors (Lipinski definition) is 2. The van der Waals surface area contributed by atoms with Crippen LogP contribution in [0.4, 0.5) is 0 Å². The predicted octanol–water partition coefficient (Wildman–Crippen LogP) is 3.42. The normalized spacial score (nSPS) is 12.6. The van der Waals surface area contributed by atoms with E-state index in [1.807, 2.05) is 33.9 Å². The second-order valence-corrected chi connectivity index (χ2v) is 7.75. The van der Waals surface area contributed by atoms with Crippen LogP contribution >= 0.6 is 15.9 Å². The summed E-state index contributed by atoms with van der Waals surface area (Å²) in [6.45, 7) is 6.68. The molecule has 4 nitrogen and oxygen atoms in total. The highest BCUT2D eigenvalue weighted by molar-refractivity contribution is 9.10. The fourth-order valence-electron chi connectivity index (χ4n) is 2.37. The molecule has 0 aromatic heterocycles. The number of halogens is 1. The molecule has 0 radical (unpaired) electrons. The third-order valence-electron chi connectivity index (χ3n) is 4.05. The lowest BCUT2D eigenvalue weighted by molar-refractivity contribution is 0.341. The van der Waals surface area contributed by atoms with Crippen molar-refractivity contribution in [3.05, 3.63) is 28.2 Å². The minimum Gasteiger partial charge on any atom is -0.316 e. The van der Waals surface area contributed by atoms with Crippen molar-refractivity contribution in [2.24, 2.45) is 0 Å². The molecule has 1 aromatic rings. The van der Waals surface area contributed by atoms with Crippen LogP contribution in [0.3, 0.4) is 0 Å². The Balaban J connectivity index is 3.21. The standard InChI is InChI=1S/C15H25BrN2O2S/c1-5-15(6-2,7-3)18-21(19,20)14-10-12(11-17-4)8-9-13(14)16/h8-10,17-18H,5-7,11H2,1-4H3. The molecule has 0 spiro atoms. The van der Waals surface area contributed by atoms with E-state index < -0.39 is 10.0 Å². The molecule has 2 N–H and O–H groups in total. The van der Waals surface area contributed by atoms with Crippen molar-refractivity contribution in [2.45, 2.75) is 57.0 Å². The van der Waals surface area contributed by atoms with E-state index in [9.17, 15) is 8.42 Å². The van der Waals surface area contributed by atoms with Crippen molar-refractivity contribution < 1.29 is 8.42 Å². The van der Waals surface area contributed by atoms with E-state index in [-0.39, 0.29) is 5.54 Å². The molecule has 21 heavy (non-hydrogen) atoms. The van der Waals surface area contributed by atoms with E-state index in [1.54, 1.807) is 12.1 Å². The predicted molar refractivity (Wildman–Crippen MR) is 90.8 cm³/mol. The van der Waals surface area contributed by atoms with Gasteiger partial charge in [0.2, 0.25) is 10.0 Å². The Kier molecular flexibility index (Phi) is 6.84. The quantitative estimate of drug-likeness (QED) is 0.730. The average molecular weight is 377 g/mol. The molecule has 0 saturated carbocycles. The van der Waals surface area contributed by atoms with Gasteiger partial charge < -0.3 is 5.32 Å². The van der Waals surface area contributed by atoms with Crippen molar-refractivity contribution >= 4 is 26.0 Å². The van der Waals surface area contributed by atoms with Crippen LogP contribution in [0.1, 0.15) is 45.6 Å². The zero-order chi connectivity index (χ0) is 16.1. The lowest BCUT2D eigenvalue weighted by Gasteiger charge is -2.31. The number of rotatable bonds is 8. The van der Waals surface area contributed by atoms with E-state index in [2.05, 4.69) is 26.0 Å². The van der Waals surface area contributed by atoms with Crippen molar-refractivity contribution in [3.63, 3.8) is 0 Å². The Morgan fingerprint density at radius 3 is 2.19 bits per heavy atom. The lowest BCUT2D eigenvalue weighted by Crippen LogP contribution is -2.47. The summed E-state index contributed by atoms with van der Waals surface area (Å²) in [7, 11) is -1.71. The molecule has 0 fully saturated rings. The maximum absolute atomic E-state index is 12.7. The van der Waals surface area contributed by atoms with Crippen LogP contribution in [0.5, 0.6) is 0 Å². The number of benzene rings is 1. The first kappa shape index (κ1) is 18.6. The molecule has 0 unspecified atom stereocenters. The van der Waals surface area contributed by atoms with Crippen molar-refractivity contribution in [2.75, 3.05) is 7.05 Å². The van der Waals surface area contributed by atoms with Crippen LogP contribution in [0.2, 0.25) is 0 Å². The molecule has 0 aliphatic rings. The number of sulfonamides is 1. The SMILES string of the molecule is CCC(CC)(CC)NS(=O)(=O)c1cc(CNC)ccc1Br. The summed E-state index contributed by atoms with van der Waals surface area (Å²) in [6.07, 6.45) is 2.31. The van der Waals surface area contributed by atoms with Crippen LogP contribution in [0.25, 0.3) is 0 Å². The van der Waals surface area contributed by atoms with E-state index >= 15 is 0 Å². The molecule has 0 saturated heterocycles. The molecule has 120 valence electrons.